The number of carboxylic acid groups (broad SMARTS) is 1. The standard InChI is InChI=1S/C18H20O3/c1-3-4-5-14-7-9-15(10-8-14)16-12-13(2)6-11-17(16)21-18(19)20/h6-12H,3-5H2,1-2H3,(H,19,20). The number of benzene rings is 2. The van der Waals surface area contributed by atoms with E-state index in [2.05, 4.69) is 19.1 Å². The molecule has 0 saturated carbocycles. The minimum Gasteiger partial charge on any atom is -0.449 e. The van der Waals surface area contributed by atoms with Gasteiger partial charge >= 0.3 is 6.16 Å². The van der Waals surface area contributed by atoms with E-state index >= 15 is 0 Å². The normalized spacial score (nSPS) is 10.4. The summed E-state index contributed by atoms with van der Waals surface area (Å²) in [6.07, 6.45) is 2.14. The van der Waals surface area contributed by atoms with Crippen molar-refractivity contribution in [2.45, 2.75) is 33.1 Å². The minimum atomic E-state index is -1.29. The second kappa shape index (κ2) is 6.93. The molecule has 0 saturated heterocycles. The van der Waals surface area contributed by atoms with E-state index in [9.17, 15) is 4.79 Å². The Morgan fingerprint density at radius 1 is 1.14 bits per heavy atom. The summed E-state index contributed by atoms with van der Waals surface area (Å²) in [5, 5.41) is 8.83. The molecule has 0 aliphatic rings. The highest BCUT2D eigenvalue weighted by atomic mass is 16.7. The second-order valence-corrected chi connectivity index (χ2v) is 5.17. The Hall–Kier alpha value is -2.29. The zero-order chi connectivity index (χ0) is 15.2. The number of unbranched alkanes of at least 4 members (excludes halogenated alkanes) is 1. The van der Waals surface area contributed by atoms with E-state index in [-0.39, 0.29) is 0 Å². The van der Waals surface area contributed by atoms with Gasteiger partial charge in [-0.3, -0.25) is 0 Å². The first kappa shape index (κ1) is 15.1. The Labute approximate surface area is 125 Å². The van der Waals surface area contributed by atoms with Crippen LogP contribution < -0.4 is 4.74 Å². The number of hydrogen-bond acceptors (Lipinski definition) is 2. The fourth-order valence-electron chi connectivity index (χ4n) is 2.28. The van der Waals surface area contributed by atoms with E-state index in [0.29, 0.717) is 5.75 Å². The lowest BCUT2D eigenvalue weighted by atomic mass is 9.99. The van der Waals surface area contributed by atoms with Crippen molar-refractivity contribution in [2.24, 2.45) is 0 Å². The Bertz CT molecular complexity index is 615. The Morgan fingerprint density at radius 2 is 1.86 bits per heavy atom. The number of hydrogen-bond donors (Lipinski definition) is 1. The summed E-state index contributed by atoms with van der Waals surface area (Å²) in [4.78, 5) is 10.8. The van der Waals surface area contributed by atoms with Crippen molar-refractivity contribution in [3.63, 3.8) is 0 Å². The number of carbonyl (C=O) groups is 1. The van der Waals surface area contributed by atoms with Crippen LogP contribution in [-0.4, -0.2) is 11.3 Å². The van der Waals surface area contributed by atoms with E-state index in [0.717, 1.165) is 23.1 Å². The molecule has 3 nitrogen and oxygen atoms in total. The molecule has 1 N–H and O–H groups in total. The summed E-state index contributed by atoms with van der Waals surface area (Å²) in [6, 6.07) is 13.7. The molecule has 0 amide bonds. The van der Waals surface area contributed by atoms with E-state index < -0.39 is 6.16 Å². The van der Waals surface area contributed by atoms with E-state index in [1.807, 2.05) is 31.2 Å². The molecular formula is C18H20O3. The van der Waals surface area contributed by atoms with Crippen LogP contribution >= 0.6 is 0 Å². The van der Waals surface area contributed by atoms with Crippen LogP contribution in [0.4, 0.5) is 4.79 Å². The molecule has 110 valence electrons. The number of aryl methyl sites for hydroxylation is 2. The van der Waals surface area contributed by atoms with Crippen molar-refractivity contribution in [2.75, 3.05) is 0 Å². The Morgan fingerprint density at radius 3 is 2.48 bits per heavy atom. The predicted molar refractivity (Wildman–Crippen MR) is 83.9 cm³/mol. The first-order chi connectivity index (χ1) is 10.1. The van der Waals surface area contributed by atoms with Crippen LogP contribution in [0.5, 0.6) is 5.75 Å². The van der Waals surface area contributed by atoms with Crippen molar-refractivity contribution < 1.29 is 14.6 Å². The monoisotopic (exact) mass is 284 g/mol. The average Bonchev–Trinajstić information content (AvgIpc) is 2.47. The first-order valence-corrected chi connectivity index (χ1v) is 7.21. The highest BCUT2D eigenvalue weighted by Crippen LogP contribution is 2.31. The van der Waals surface area contributed by atoms with Crippen molar-refractivity contribution >= 4 is 6.16 Å². The van der Waals surface area contributed by atoms with Gasteiger partial charge in [-0.05, 0) is 43.0 Å². The number of rotatable bonds is 5. The lowest BCUT2D eigenvalue weighted by molar-refractivity contribution is 0.144. The predicted octanol–water partition coefficient (Wildman–Crippen LogP) is 5.06. The molecule has 0 radical (unpaired) electrons. The van der Waals surface area contributed by atoms with Crippen LogP contribution in [0.2, 0.25) is 0 Å². The van der Waals surface area contributed by atoms with Gasteiger partial charge in [-0.25, -0.2) is 4.79 Å². The van der Waals surface area contributed by atoms with Crippen LogP contribution in [0.15, 0.2) is 42.5 Å². The maximum Gasteiger partial charge on any atom is 0.511 e. The fourth-order valence-corrected chi connectivity index (χ4v) is 2.28. The molecule has 0 unspecified atom stereocenters. The summed E-state index contributed by atoms with van der Waals surface area (Å²) in [5.74, 6) is 0.370. The topological polar surface area (TPSA) is 46.5 Å². The van der Waals surface area contributed by atoms with Crippen LogP contribution in [0.25, 0.3) is 11.1 Å². The van der Waals surface area contributed by atoms with Gasteiger partial charge in [-0.15, -0.1) is 0 Å². The smallest absolute Gasteiger partial charge is 0.449 e. The van der Waals surface area contributed by atoms with Crippen molar-refractivity contribution in [1.82, 2.24) is 0 Å². The molecular weight excluding hydrogens is 264 g/mol. The van der Waals surface area contributed by atoms with Crippen molar-refractivity contribution in [3.05, 3.63) is 53.6 Å². The fraction of sp³-hybridized carbons (Fsp3) is 0.278. The van der Waals surface area contributed by atoms with Gasteiger partial charge in [0.2, 0.25) is 0 Å². The van der Waals surface area contributed by atoms with Gasteiger partial charge in [0, 0.05) is 5.56 Å². The summed E-state index contributed by atoms with van der Waals surface area (Å²) >= 11 is 0. The summed E-state index contributed by atoms with van der Waals surface area (Å²) < 4.78 is 4.87. The van der Waals surface area contributed by atoms with Gasteiger partial charge in [0.25, 0.3) is 0 Å². The Kier molecular flexibility index (Phi) is 4.99. The third-order valence-electron chi connectivity index (χ3n) is 3.42. The van der Waals surface area contributed by atoms with Gasteiger partial charge in [-0.2, -0.15) is 0 Å². The first-order valence-electron chi connectivity index (χ1n) is 7.21. The molecule has 0 aliphatic carbocycles. The summed E-state index contributed by atoms with van der Waals surface area (Å²) in [6.45, 7) is 4.15. The quantitative estimate of drug-likeness (QED) is 0.616. The van der Waals surface area contributed by atoms with E-state index in [1.165, 1.54) is 18.4 Å². The zero-order valence-corrected chi connectivity index (χ0v) is 12.4. The van der Waals surface area contributed by atoms with Crippen molar-refractivity contribution in [1.29, 1.82) is 0 Å². The van der Waals surface area contributed by atoms with Crippen LogP contribution in [-0.2, 0) is 6.42 Å². The molecule has 0 spiro atoms. The third-order valence-corrected chi connectivity index (χ3v) is 3.42. The van der Waals surface area contributed by atoms with Crippen LogP contribution in [0.1, 0.15) is 30.9 Å². The van der Waals surface area contributed by atoms with Gasteiger partial charge in [-0.1, -0.05) is 49.2 Å². The molecule has 0 fully saturated rings. The SMILES string of the molecule is CCCCc1ccc(-c2cc(C)ccc2OC(=O)O)cc1. The largest absolute Gasteiger partial charge is 0.511 e. The van der Waals surface area contributed by atoms with Crippen LogP contribution in [0.3, 0.4) is 0 Å². The zero-order valence-electron chi connectivity index (χ0n) is 12.4. The Balaban J connectivity index is 2.31. The second-order valence-electron chi connectivity index (χ2n) is 5.17. The molecule has 0 atom stereocenters. The van der Waals surface area contributed by atoms with Crippen molar-refractivity contribution in [3.8, 4) is 16.9 Å². The molecule has 2 rings (SSSR count). The third kappa shape index (κ3) is 4.09. The molecule has 3 heteroatoms. The lowest BCUT2D eigenvalue weighted by Gasteiger charge is -2.10. The van der Waals surface area contributed by atoms with Gasteiger partial charge in [0.1, 0.15) is 5.75 Å². The summed E-state index contributed by atoms with van der Waals surface area (Å²) in [5.41, 5.74) is 4.14. The molecule has 2 aromatic rings. The molecule has 0 aromatic heterocycles. The average molecular weight is 284 g/mol. The molecule has 2 aromatic carbocycles. The lowest BCUT2D eigenvalue weighted by Crippen LogP contribution is -2.04. The van der Waals surface area contributed by atoms with Gasteiger partial charge in [0.05, 0.1) is 0 Å². The molecule has 21 heavy (non-hydrogen) atoms. The minimum absolute atomic E-state index is 0.370. The highest BCUT2D eigenvalue weighted by Gasteiger charge is 2.10. The van der Waals surface area contributed by atoms with Gasteiger partial charge in [0.15, 0.2) is 0 Å². The maximum atomic E-state index is 10.8. The molecule has 0 bridgehead atoms. The highest BCUT2D eigenvalue weighted by molar-refractivity contribution is 5.74. The van der Waals surface area contributed by atoms with E-state index in [4.69, 9.17) is 9.84 Å². The summed E-state index contributed by atoms with van der Waals surface area (Å²) in [7, 11) is 0. The van der Waals surface area contributed by atoms with E-state index in [1.54, 1.807) is 6.07 Å². The molecule has 0 heterocycles. The van der Waals surface area contributed by atoms with Crippen LogP contribution in [0, 0.1) is 6.92 Å². The number of ether oxygens (including phenoxy) is 1. The molecule has 0 aliphatic heterocycles. The van der Waals surface area contributed by atoms with Gasteiger partial charge < -0.3 is 9.84 Å². The maximum absolute atomic E-state index is 10.8.